The highest BCUT2D eigenvalue weighted by Gasteiger charge is 2.28. The summed E-state index contributed by atoms with van der Waals surface area (Å²) in [6.07, 6.45) is 9.01. The molecule has 2 aliphatic rings. The predicted molar refractivity (Wildman–Crippen MR) is 121 cm³/mol. The van der Waals surface area contributed by atoms with E-state index in [0.717, 1.165) is 31.7 Å². The Labute approximate surface area is 190 Å². The first-order chi connectivity index (χ1) is 16.0. The first kappa shape index (κ1) is 22.6. The molecule has 3 heterocycles. The number of carbonyl (C=O) groups excluding carboxylic acids is 1. The van der Waals surface area contributed by atoms with Crippen molar-refractivity contribution in [3.8, 4) is 0 Å². The van der Waals surface area contributed by atoms with Gasteiger partial charge in [0, 0.05) is 30.4 Å². The highest BCUT2D eigenvalue weighted by Crippen LogP contribution is 2.29. The highest BCUT2D eigenvalue weighted by atomic mass is 19.1. The van der Waals surface area contributed by atoms with Crippen molar-refractivity contribution < 1.29 is 13.9 Å². The molecule has 0 bridgehead atoms. The first-order valence-electron chi connectivity index (χ1n) is 11.0. The third-order valence-corrected chi connectivity index (χ3v) is 5.76. The maximum Gasteiger partial charge on any atom is 0.252 e. The molecule has 0 aromatic carbocycles. The number of halogens is 1. The molecule has 1 saturated carbocycles. The van der Waals surface area contributed by atoms with Crippen molar-refractivity contribution in [3.05, 3.63) is 41.7 Å². The topological polar surface area (TPSA) is 158 Å². The van der Waals surface area contributed by atoms with Gasteiger partial charge in [-0.05, 0) is 25.8 Å². The van der Waals surface area contributed by atoms with Gasteiger partial charge in [0.05, 0.1) is 24.6 Å². The van der Waals surface area contributed by atoms with Gasteiger partial charge in [0.2, 0.25) is 5.90 Å². The molecule has 6 N–H and O–H groups in total. The number of nitrogens with one attached hydrogen (secondary N) is 2. The fourth-order valence-corrected chi connectivity index (χ4v) is 4.07. The van der Waals surface area contributed by atoms with Crippen LogP contribution in [0.15, 0.2) is 35.3 Å². The number of nitrogens with two attached hydrogens (primary N) is 2. The molecule has 1 fully saturated rings. The fourth-order valence-electron chi connectivity index (χ4n) is 4.07. The van der Waals surface area contributed by atoms with Crippen LogP contribution < -0.4 is 22.1 Å². The molecule has 1 unspecified atom stereocenters. The third kappa shape index (κ3) is 5.11. The number of hydrogen-bond donors (Lipinski definition) is 4. The lowest BCUT2D eigenvalue weighted by atomic mass is 9.91. The fraction of sp³-hybridized carbons (Fsp3) is 0.476. The van der Waals surface area contributed by atoms with Crippen LogP contribution in [-0.2, 0) is 4.74 Å². The number of anilines is 2. The molecular weight excluding hydrogens is 429 g/mol. The predicted octanol–water partition coefficient (Wildman–Crippen LogP) is 1.93. The van der Waals surface area contributed by atoms with Crippen LogP contribution in [0, 0.1) is 5.82 Å². The summed E-state index contributed by atoms with van der Waals surface area (Å²) in [5.41, 5.74) is 12.2. The number of allylic oxidation sites excluding steroid dienone is 1. The van der Waals surface area contributed by atoms with Crippen molar-refractivity contribution in [2.75, 3.05) is 17.2 Å². The Hall–Kier alpha value is -3.54. The number of rotatable bonds is 7. The summed E-state index contributed by atoms with van der Waals surface area (Å²) in [5.74, 6) is -0.819. The second-order valence-electron chi connectivity index (χ2n) is 8.06. The van der Waals surface area contributed by atoms with E-state index in [4.69, 9.17) is 16.2 Å². The summed E-state index contributed by atoms with van der Waals surface area (Å²) in [7, 11) is 0. The first-order valence-corrected chi connectivity index (χ1v) is 11.0. The summed E-state index contributed by atoms with van der Waals surface area (Å²) in [6, 6.07) is 0.553. The molecule has 176 valence electrons. The average Bonchev–Trinajstić information content (AvgIpc) is 3.33. The van der Waals surface area contributed by atoms with Gasteiger partial charge in [-0.1, -0.05) is 18.1 Å². The Morgan fingerprint density at radius 3 is 2.85 bits per heavy atom. The number of carbonyl (C=O) groups is 1. The molecule has 1 amide bonds. The van der Waals surface area contributed by atoms with Gasteiger partial charge in [0.15, 0.2) is 11.6 Å². The minimum Gasteiger partial charge on any atom is -0.479 e. The van der Waals surface area contributed by atoms with Crippen molar-refractivity contribution in [2.45, 2.75) is 57.2 Å². The van der Waals surface area contributed by atoms with Gasteiger partial charge in [-0.3, -0.25) is 4.79 Å². The van der Waals surface area contributed by atoms with Crippen LogP contribution in [0.5, 0.6) is 0 Å². The van der Waals surface area contributed by atoms with Gasteiger partial charge in [-0.15, -0.1) is 5.10 Å². The zero-order valence-corrected chi connectivity index (χ0v) is 18.4. The van der Waals surface area contributed by atoms with E-state index in [-0.39, 0.29) is 35.3 Å². The van der Waals surface area contributed by atoms with E-state index in [2.05, 4.69) is 30.9 Å². The Balaban J connectivity index is 1.61. The van der Waals surface area contributed by atoms with Crippen molar-refractivity contribution in [3.63, 3.8) is 0 Å². The Morgan fingerprint density at radius 1 is 1.33 bits per heavy atom. The molecule has 0 saturated heterocycles. The summed E-state index contributed by atoms with van der Waals surface area (Å²) >= 11 is 0. The van der Waals surface area contributed by atoms with Crippen LogP contribution in [0.4, 0.5) is 16.0 Å². The van der Waals surface area contributed by atoms with Crippen LogP contribution in [0.2, 0.25) is 0 Å². The second kappa shape index (κ2) is 9.94. The van der Waals surface area contributed by atoms with E-state index in [1.165, 1.54) is 0 Å². The molecule has 1 aliphatic heterocycles. The summed E-state index contributed by atoms with van der Waals surface area (Å²) < 4.78 is 22.0. The van der Waals surface area contributed by atoms with E-state index in [0.29, 0.717) is 24.6 Å². The van der Waals surface area contributed by atoms with E-state index < -0.39 is 11.7 Å². The van der Waals surface area contributed by atoms with Gasteiger partial charge >= 0.3 is 0 Å². The number of aliphatic imine (C=N–C) groups is 1. The minimum absolute atomic E-state index is 0.0209. The Morgan fingerprint density at radius 2 is 2.15 bits per heavy atom. The number of nitrogens with zero attached hydrogens (tertiary/aromatic N) is 5. The van der Waals surface area contributed by atoms with Crippen molar-refractivity contribution in [2.24, 2.45) is 16.5 Å². The number of pyridine rings is 1. The molecule has 12 heteroatoms. The van der Waals surface area contributed by atoms with Gasteiger partial charge in [-0.2, -0.15) is 0 Å². The molecular formula is C21H28FN9O2. The molecule has 4 rings (SSSR count). The smallest absolute Gasteiger partial charge is 0.252 e. The normalized spacial score (nSPS) is 22.8. The number of primary amides is 1. The average molecular weight is 458 g/mol. The van der Waals surface area contributed by atoms with Gasteiger partial charge in [0.1, 0.15) is 11.9 Å². The SMILES string of the molecule is CCOC1=NC=C(Nc2nc(N[C@@H]3CCCC[C@@H]3N)c(F)cc2C(N)=O)CC1n1ccnn1. The van der Waals surface area contributed by atoms with Crippen molar-refractivity contribution >= 4 is 23.4 Å². The number of amides is 1. The molecule has 2 aromatic heterocycles. The lowest BCUT2D eigenvalue weighted by Gasteiger charge is -2.30. The Kier molecular flexibility index (Phi) is 6.82. The van der Waals surface area contributed by atoms with E-state index in [1.54, 1.807) is 23.3 Å². The summed E-state index contributed by atoms with van der Waals surface area (Å²) in [4.78, 5) is 20.7. The lowest BCUT2D eigenvalue weighted by Crippen LogP contribution is -2.43. The van der Waals surface area contributed by atoms with E-state index in [9.17, 15) is 9.18 Å². The van der Waals surface area contributed by atoms with Gasteiger partial charge < -0.3 is 26.8 Å². The lowest BCUT2D eigenvalue weighted by molar-refractivity contribution is 0.100. The largest absolute Gasteiger partial charge is 0.479 e. The Bertz CT molecular complexity index is 1050. The maximum absolute atomic E-state index is 14.8. The van der Waals surface area contributed by atoms with Crippen molar-refractivity contribution in [1.29, 1.82) is 0 Å². The van der Waals surface area contributed by atoms with Gasteiger partial charge in [-0.25, -0.2) is 19.0 Å². The number of ether oxygens (including phenoxy) is 1. The number of aromatic nitrogens is 4. The quantitative estimate of drug-likeness (QED) is 0.491. The van der Waals surface area contributed by atoms with Gasteiger partial charge in [0.25, 0.3) is 5.91 Å². The maximum atomic E-state index is 14.8. The molecule has 0 radical (unpaired) electrons. The van der Waals surface area contributed by atoms with Crippen LogP contribution >= 0.6 is 0 Å². The monoisotopic (exact) mass is 457 g/mol. The second-order valence-corrected chi connectivity index (χ2v) is 8.06. The third-order valence-electron chi connectivity index (χ3n) is 5.76. The van der Waals surface area contributed by atoms with E-state index in [1.807, 2.05) is 6.92 Å². The summed E-state index contributed by atoms with van der Waals surface area (Å²) in [5, 5.41) is 14.1. The summed E-state index contributed by atoms with van der Waals surface area (Å²) in [6.45, 7) is 2.32. The van der Waals surface area contributed by atoms with Crippen LogP contribution in [-0.4, -0.2) is 50.5 Å². The van der Waals surface area contributed by atoms with Crippen LogP contribution in [0.1, 0.15) is 55.4 Å². The molecule has 33 heavy (non-hydrogen) atoms. The molecule has 1 aliphatic carbocycles. The minimum atomic E-state index is -0.799. The zero-order valence-electron chi connectivity index (χ0n) is 18.4. The molecule has 3 atom stereocenters. The molecule has 0 spiro atoms. The molecule has 11 nitrogen and oxygen atoms in total. The molecule has 2 aromatic rings. The van der Waals surface area contributed by atoms with Crippen molar-refractivity contribution in [1.82, 2.24) is 20.0 Å². The van der Waals surface area contributed by atoms with E-state index >= 15 is 0 Å². The highest BCUT2D eigenvalue weighted by molar-refractivity contribution is 5.98. The van der Waals surface area contributed by atoms with Crippen LogP contribution in [0.3, 0.4) is 0 Å². The van der Waals surface area contributed by atoms with Crippen LogP contribution in [0.25, 0.3) is 0 Å². The standard InChI is InChI=1S/C21H28FN9O2/c1-2-33-21-17(31-8-7-26-30-31)9-12(11-25-21)27-19-13(18(24)32)10-14(22)20(29-19)28-16-6-4-3-5-15(16)23/h7-8,10-11,15-17H,2-6,9,23H2,1H3,(H2,24,32)(H2,27,28,29)/t15-,16+,17?/m0/s1. The zero-order chi connectivity index (χ0) is 23.4. The number of hydrogen-bond acceptors (Lipinski definition) is 9.